The third-order valence-electron chi connectivity index (χ3n) is 5.45. The number of nitrogens with zero attached hydrogens (tertiary/aromatic N) is 3. The molecule has 1 fully saturated rings. The molecule has 176 valence electrons. The van der Waals surface area contributed by atoms with E-state index in [9.17, 15) is 18.0 Å². The van der Waals surface area contributed by atoms with Crippen LogP contribution < -0.4 is 15.3 Å². The van der Waals surface area contributed by atoms with Crippen LogP contribution >= 0.6 is 0 Å². The summed E-state index contributed by atoms with van der Waals surface area (Å²) in [6.07, 6.45) is 3.81. The number of hydrogen-bond donors (Lipinski definition) is 0. The number of aromatic nitrogens is 3. The monoisotopic (exact) mass is 475 g/mol. The first kappa shape index (κ1) is 23.1. The van der Waals surface area contributed by atoms with Crippen LogP contribution in [0.2, 0.25) is 0 Å². The fourth-order valence-electron chi connectivity index (χ4n) is 3.56. The molecule has 4 rings (SSSR count). The van der Waals surface area contributed by atoms with E-state index in [2.05, 4.69) is 4.98 Å². The van der Waals surface area contributed by atoms with E-state index in [4.69, 9.17) is 13.7 Å². The minimum Gasteiger partial charge on any atom is -0.378 e. The predicted molar refractivity (Wildman–Crippen MR) is 120 cm³/mol. The van der Waals surface area contributed by atoms with Gasteiger partial charge in [-0.25, -0.2) is 4.98 Å². The largest absolute Gasteiger partial charge is 0.378 e. The molecular formula is C22H25N3O7S. The summed E-state index contributed by atoms with van der Waals surface area (Å²) in [5.41, 5.74) is -0.202. The van der Waals surface area contributed by atoms with E-state index in [1.54, 1.807) is 12.1 Å². The van der Waals surface area contributed by atoms with Gasteiger partial charge in [0.2, 0.25) is 0 Å². The van der Waals surface area contributed by atoms with Gasteiger partial charge in [-0.3, -0.25) is 18.7 Å². The molecule has 11 heteroatoms. The number of benzene rings is 1. The molecule has 0 radical (unpaired) electrons. The molecule has 1 aliphatic rings. The van der Waals surface area contributed by atoms with Crippen LogP contribution in [-0.4, -0.2) is 42.0 Å². The van der Waals surface area contributed by atoms with Crippen LogP contribution in [0.15, 0.2) is 51.1 Å². The van der Waals surface area contributed by atoms with Crippen LogP contribution in [-0.2, 0) is 33.2 Å². The van der Waals surface area contributed by atoms with Gasteiger partial charge in [0.1, 0.15) is 10.3 Å². The Morgan fingerprint density at radius 3 is 2.64 bits per heavy atom. The summed E-state index contributed by atoms with van der Waals surface area (Å²) < 4.78 is 44.5. The molecule has 1 saturated heterocycles. The number of pyridine rings is 1. The highest BCUT2D eigenvalue weighted by molar-refractivity contribution is 7.87. The zero-order chi connectivity index (χ0) is 23.6. The summed E-state index contributed by atoms with van der Waals surface area (Å²) in [5, 5.41) is -0.107. The molecular weight excluding hydrogens is 450 g/mol. The first-order chi connectivity index (χ1) is 15.8. The van der Waals surface area contributed by atoms with Crippen molar-refractivity contribution in [2.75, 3.05) is 13.2 Å². The summed E-state index contributed by atoms with van der Waals surface area (Å²) in [5.74, 6) is -0.364. The van der Waals surface area contributed by atoms with Crippen molar-refractivity contribution >= 4 is 21.2 Å². The fraction of sp³-hybridized carbons (Fsp3) is 0.409. The maximum atomic E-state index is 13.2. The van der Waals surface area contributed by atoms with Crippen LogP contribution in [0.25, 0.3) is 11.0 Å². The van der Waals surface area contributed by atoms with Crippen molar-refractivity contribution < 1.29 is 22.1 Å². The minimum absolute atomic E-state index is 0.0226. The van der Waals surface area contributed by atoms with Gasteiger partial charge in [0.15, 0.2) is 17.7 Å². The molecule has 3 heterocycles. The molecule has 1 aromatic carbocycles. The number of rotatable bonds is 7. The Kier molecular flexibility index (Phi) is 6.63. The van der Waals surface area contributed by atoms with E-state index in [1.807, 2.05) is 6.92 Å². The number of fused-ring (bicyclic) bond motifs is 1. The fourth-order valence-corrected chi connectivity index (χ4v) is 4.49. The van der Waals surface area contributed by atoms with Gasteiger partial charge in [-0.2, -0.15) is 8.42 Å². The molecule has 3 aromatic rings. The summed E-state index contributed by atoms with van der Waals surface area (Å²) in [6.45, 7) is 2.85. The second kappa shape index (κ2) is 9.46. The first-order valence-electron chi connectivity index (χ1n) is 10.6. The SMILES string of the molecule is Cc1ccc(S(=O)(=O)Oc2cc(=O)n(C)c3ncn(CCOC4CCCCO4)c(=O)c23)cc1. The van der Waals surface area contributed by atoms with E-state index in [1.165, 1.54) is 34.6 Å². The zero-order valence-corrected chi connectivity index (χ0v) is 19.2. The highest BCUT2D eigenvalue weighted by Crippen LogP contribution is 2.23. The van der Waals surface area contributed by atoms with Gasteiger partial charge in [0.25, 0.3) is 11.1 Å². The lowest BCUT2D eigenvalue weighted by Crippen LogP contribution is -2.29. The van der Waals surface area contributed by atoms with Crippen molar-refractivity contribution in [3.05, 3.63) is 62.9 Å². The third-order valence-corrected chi connectivity index (χ3v) is 6.70. The summed E-state index contributed by atoms with van der Waals surface area (Å²) >= 11 is 0. The molecule has 33 heavy (non-hydrogen) atoms. The Labute approximate surface area is 190 Å². The molecule has 0 spiro atoms. The maximum absolute atomic E-state index is 13.2. The van der Waals surface area contributed by atoms with Crippen LogP contribution in [0.5, 0.6) is 5.75 Å². The summed E-state index contributed by atoms with van der Waals surface area (Å²) in [4.78, 5) is 29.7. The Hall–Kier alpha value is -3.02. The normalized spacial score (nSPS) is 16.7. The molecule has 10 nitrogen and oxygen atoms in total. The van der Waals surface area contributed by atoms with Crippen molar-refractivity contribution in [3.63, 3.8) is 0 Å². The second-order valence-electron chi connectivity index (χ2n) is 7.86. The van der Waals surface area contributed by atoms with Gasteiger partial charge in [0, 0.05) is 19.7 Å². The van der Waals surface area contributed by atoms with Gasteiger partial charge in [-0.1, -0.05) is 17.7 Å². The Bertz CT molecular complexity index is 1370. The quantitative estimate of drug-likeness (QED) is 0.474. The zero-order valence-electron chi connectivity index (χ0n) is 18.4. The molecule has 2 aromatic heterocycles. The lowest BCUT2D eigenvalue weighted by atomic mass is 10.2. The minimum atomic E-state index is -4.28. The van der Waals surface area contributed by atoms with Crippen molar-refractivity contribution in [3.8, 4) is 5.75 Å². The topological polar surface area (TPSA) is 119 Å². The van der Waals surface area contributed by atoms with Crippen molar-refractivity contribution in [1.82, 2.24) is 14.1 Å². The molecule has 1 aliphatic heterocycles. The second-order valence-corrected chi connectivity index (χ2v) is 9.41. The molecule has 0 N–H and O–H groups in total. The van der Waals surface area contributed by atoms with Crippen LogP contribution in [0.1, 0.15) is 24.8 Å². The van der Waals surface area contributed by atoms with Crippen LogP contribution in [0.4, 0.5) is 0 Å². The maximum Gasteiger partial charge on any atom is 0.339 e. The highest BCUT2D eigenvalue weighted by Gasteiger charge is 2.22. The standard InChI is InChI=1S/C22H25N3O7S/c1-15-6-8-16(9-7-15)33(28,29)32-17-13-18(26)24(2)21-20(17)22(27)25(14-23-21)10-12-31-19-5-3-4-11-30-19/h6-9,13-14,19H,3-5,10-12H2,1-2H3. The highest BCUT2D eigenvalue weighted by atomic mass is 32.2. The van der Waals surface area contributed by atoms with E-state index < -0.39 is 21.2 Å². The van der Waals surface area contributed by atoms with Gasteiger partial charge in [0.05, 0.1) is 19.5 Å². The molecule has 0 amide bonds. The van der Waals surface area contributed by atoms with Crippen molar-refractivity contribution in [1.29, 1.82) is 0 Å². The van der Waals surface area contributed by atoms with Crippen molar-refractivity contribution in [2.24, 2.45) is 7.05 Å². The first-order valence-corrected chi connectivity index (χ1v) is 12.0. The van der Waals surface area contributed by atoms with Gasteiger partial charge in [-0.05, 0) is 38.3 Å². The Morgan fingerprint density at radius 2 is 1.94 bits per heavy atom. The van der Waals surface area contributed by atoms with E-state index >= 15 is 0 Å². The number of ether oxygens (including phenoxy) is 2. The average molecular weight is 476 g/mol. The molecule has 0 aliphatic carbocycles. The third kappa shape index (κ3) is 5.00. The lowest BCUT2D eigenvalue weighted by molar-refractivity contribution is -0.163. The van der Waals surface area contributed by atoms with E-state index in [0.29, 0.717) is 6.61 Å². The molecule has 1 atom stereocenters. The Balaban J connectivity index is 1.67. The summed E-state index contributed by atoms with van der Waals surface area (Å²) in [6, 6.07) is 7.03. The lowest BCUT2D eigenvalue weighted by Gasteiger charge is -2.22. The van der Waals surface area contributed by atoms with Crippen molar-refractivity contribution in [2.45, 2.75) is 43.9 Å². The van der Waals surface area contributed by atoms with Crippen LogP contribution in [0, 0.1) is 6.92 Å². The van der Waals surface area contributed by atoms with Gasteiger partial charge >= 0.3 is 10.1 Å². The Morgan fingerprint density at radius 1 is 1.18 bits per heavy atom. The van der Waals surface area contributed by atoms with E-state index in [-0.39, 0.29) is 41.1 Å². The van der Waals surface area contributed by atoms with Crippen LogP contribution in [0.3, 0.4) is 0 Å². The van der Waals surface area contributed by atoms with Gasteiger partial charge < -0.3 is 13.7 Å². The number of hydrogen-bond acceptors (Lipinski definition) is 8. The molecule has 0 saturated carbocycles. The molecule has 1 unspecified atom stereocenters. The van der Waals surface area contributed by atoms with Gasteiger partial charge in [-0.15, -0.1) is 0 Å². The number of aryl methyl sites for hydroxylation is 2. The smallest absolute Gasteiger partial charge is 0.339 e. The predicted octanol–water partition coefficient (Wildman–Crippen LogP) is 1.71. The van der Waals surface area contributed by atoms with E-state index in [0.717, 1.165) is 30.9 Å². The average Bonchev–Trinajstić information content (AvgIpc) is 2.79. The summed E-state index contributed by atoms with van der Waals surface area (Å²) in [7, 11) is -2.83. The molecule has 0 bridgehead atoms.